The minimum Gasteiger partial charge on any atom is -0.481 e. The number of rotatable bonds is 13. The number of nitrogens with one attached hydrogen (secondary N) is 1. The Morgan fingerprint density at radius 3 is 2.88 bits per heavy atom. The zero-order chi connectivity index (χ0) is 18.1. The normalized spacial score (nSPS) is 20.4. The van der Waals surface area contributed by atoms with E-state index in [1.54, 1.807) is 0 Å². The third-order valence-corrected chi connectivity index (χ3v) is 5.15. The van der Waals surface area contributed by atoms with Crippen molar-refractivity contribution in [3.8, 4) is 0 Å². The van der Waals surface area contributed by atoms with Crippen LogP contribution in [0.3, 0.4) is 0 Å². The molecule has 0 aromatic carbocycles. The summed E-state index contributed by atoms with van der Waals surface area (Å²) in [5, 5.41) is 26.3. The maximum absolute atomic E-state index is 10.5. The van der Waals surface area contributed by atoms with Gasteiger partial charge in [-0.2, -0.15) is 5.10 Å². The Bertz CT molecular complexity index is 553. The molecule has 0 amide bonds. The van der Waals surface area contributed by atoms with Crippen LogP contribution >= 0.6 is 0 Å². The van der Waals surface area contributed by atoms with Crippen LogP contribution < -0.4 is 0 Å². The van der Waals surface area contributed by atoms with E-state index in [0.717, 1.165) is 44.2 Å². The van der Waals surface area contributed by atoms with Crippen molar-refractivity contribution in [3.63, 3.8) is 0 Å². The van der Waals surface area contributed by atoms with Gasteiger partial charge in [-0.25, -0.2) is 0 Å². The molecule has 2 rings (SSSR count). The molecule has 3 atom stereocenters. The van der Waals surface area contributed by atoms with Crippen LogP contribution in [0.25, 0.3) is 0 Å². The second-order valence-corrected chi connectivity index (χ2v) is 7.18. The predicted molar refractivity (Wildman–Crippen MR) is 98.7 cm³/mol. The van der Waals surface area contributed by atoms with Crippen LogP contribution in [-0.2, 0) is 4.79 Å². The Balaban J connectivity index is 1.74. The number of unbranched alkanes of at least 4 members (excludes halogenated alkanes) is 3. The van der Waals surface area contributed by atoms with E-state index in [9.17, 15) is 9.90 Å². The lowest BCUT2D eigenvalue weighted by Crippen LogP contribution is -2.15. The summed E-state index contributed by atoms with van der Waals surface area (Å²) < 4.78 is 0. The quantitative estimate of drug-likeness (QED) is 0.361. The maximum atomic E-state index is 10.5. The molecule has 0 radical (unpaired) electrons. The first kappa shape index (κ1) is 19.7. The summed E-state index contributed by atoms with van der Waals surface area (Å²) >= 11 is 0. The van der Waals surface area contributed by atoms with Gasteiger partial charge >= 0.3 is 5.97 Å². The van der Waals surface area contributed by atoms with Crippen molar-refractivity contribution in [2.75, 3.05) is 0 Å². The first-order valence-corrected chi connectivity index (χ1v) is 9.71. The van der Waals surface area contributed by atoms with Crippen molar-refractivity contribution >= 4 is 5.97 Å². The van der Waals surface area contributed by atoms with Crippen molar-refractivity contribution in [2.45, 2.75) is 89.1 Å². The van der Waals surface area contributed by atoms with Gasteiger partial charge in [-0.15, -0.1) is 0 Å². The number of aliphatic hydroxyl groups is 1. The van der Waals surface area contributed by atoms with Gasteiger partial charge in [-0.3, -0.25) is 9.89 Å². The van der Waals surface area contributed by atoms with Gasteiger partial charge in [0, 0.05) is 24.0 Å². The van der Waals surface area contributed by atoms with Crippen LogP contribution in [0.15, 0.2) is 18.2 Å². The number of H-pyrrole nitrogens is 1. The predicted octanol–water partition coefficient (Wildman–Crippen LogP) is 4.51. The van der Waals surface area contributed by atoms with E-state index in [1.165, 1.54) is 18.5 Å². The molecule has 1 heterocycles. The fourth-order valence-electron chi connectivity index (χ4n) is 3.68. The number of allylic oxidation sites excluding steroid dienone is 2. The smallest absolute Gasteiger partial charge is 0.303 e. The van der Waals surface area contributed by atoms with Crippen molar-refractivity contribution in [1.82, 2.24) is 10.2 Å². The number of aromatic amines is 1. The molecule has 1 aromatic rings. The van der Waals surface area contributed by atoms with E-state index >= 15 is 0 Å². The number of aliphatic carboxylic acids is 1. The minimum atomic E-state index is -0.731. The van der Waals surface area contributed by atoms with Crippen LogP contribution in [0.1, 0.15) is 94.4 Å². The molecule has 5 nitrogen and oxygen atoms in total. The Hall–Kier alpha value is -1.62. The Labute approximate surface area is 150 Å². The van der Waals surface area contributed by atoms with Crippen LogP contribution in [-0.4, -0.2) is 32.5 Å². The van der Waals surface area contributed by atoms with Crippen molar-refractivity contribution in [3.05, 3.63) is 29.6 Å². The van der Waals surface area contributed by atoms with Gasteiger partial charge < -0.3 is 10.2 Å². The van der Waals surface area contributed by atoms with Crippen LogP contribution in [0, 0.1) is 0 Å². The van der Waals surface area contributed by atoms with E-state index in [2.05, 4.69) is 35.3 Å². The number of carboxylic acid groups (broad SMARTS) is 1. The van der Waals surface area contributed by atoms with Crippen LogP contribution in [0.2, 0.25) is 0 Å². The summed E-state index contributed by atoms with van der Waals surface area (Å²) in [6.07, 6.45) is 13.0. The van der Waals surface area contributed by atoms with Gasteiger partial charge in [0.1, 0.15) is 0 Å². The fourth-order valence-corrected chi connectivity index (χ4v) is 3.68. The van der Waals surface area contributed by atoms with Gasteiger partial charge in [0.2, 0.25) is 0 Å². The van der Waals surface area contributed by atoms with E-state index in [1.807, 2.05) is 0 Å². The molecular formula is C20H32N2O3. The maximum Gasteiger partial charge on any atom is 0.303 e. The van der Waals surface area contributed by atoms with Crippen molar-refractivity contribution in [2.24, 2.45) is 0 Å². The molecule has 3 N–H and O–H groups in total. The topological polar surface area (TPSA) is 86.2 Å². The molecule has 0 saturated heterocycles. The van der Waals surface area contributed by atoms with Gasteiger partial charge in [-0.05, 0) is 44.6 Å². The number of fused-ring (bicyclic) bond motifs is 2. The van der Waals surface area contributed by atoms with Crippen LogP contribution in [0.4, 0.5) is 0 Å². The van der Waals surface area contributed by atoms with Gasteiger partial charge in [-0.1, -0.05) is 38.3 Å². The highest BCUT2D eigenvalue weighted by Crippen LogP contribution is 2.44. The number of hydrogen-bond acceptors (Lipinski definition) is 3. The minimum absolute atomic E-state index is 0.194. The van der Waals surface area contributed by atoms with Gasteiger partial charge in [0.25, 0.3) is 0 Å². The summed E-state index contributed by atoms with van der Waals surface area (Å²) in [5.41, 5.74) is 2.32. The molecule has 2 bridgehead atoms. The number of carboxylic acids is 1. The number of aromatic nitrogens is 2. The van der Waals surface area contributed by atoms with E-state index in [0.29, 0.717) is 18.3 Å². The highest BCUT2D eigenvalue weighted by atomic mass is 16.4. The van der Waals surface area contributed by atoms with E-state index in [-0.39, 0.29) is 12.5 Å². The lowest BCUT2D eigenvalue weighted by Gasteiger charge is -2.23. The molecule has 1 aliphatic rings. The SMILES string of the molecule is CCCCC[C@H](O)CC[C@H]1c2cc(n[nH]2)[C@@H]1C/C=C\CCCC(=O)O. The van der Waals surface area contributed by atoms with E-state index < -0.39 is 5.97 Å². The first-order chi connectivity index (χ1) is 12.1. The lowest BCUT2D eigenvalue weighted by atomic mass is 9.85. The van der Waals surface area contributed by atoms with Crippen LogP contribution in [0.5, 0.6) is 0 Å². The van der Waals surface area contributed by atoms with Gasteiger partial charge in [0.15, 0.2) is 0 Å². The Kier molecular flexibility index (Phi) is 8.19. The molecular weight excluding hydrogens is 316 g/mol. The fraction of sp³-hybridized carbons (Fsp3) is 0.700. The monoisotopic (exact) mass is 348 g/mol. The molecule has 1 aliphatic carbocycles. The molecule has 0 aliphatic heterocycles. The van der Waals surface area contributed by atoms with E-state index in [4.69, 9.17) is 5.11 Å². The number of carbonyl (C=O) groups is 1. The molecule has 0 unspecified atom stereocenters. The highest BCUT2D eigenvalue weighted by molar-refractivity contribution is 5.66. The largest absolute Gasteiger partial charge is 0.481 e. The summed E-state index contributed by atoms with van der Waals surface area (Å²) in [4.78, 5) is 10.5. The third-order valence-electron chi connectivity index (χ3n) is 5.15. The second kappa shape index (κ2) is 10.4. The zero-order valence-electron chi connectivity index (χ0n) is 15.3. The number of nitrogens with zero attached hydrogens (tertiary/aromatic N) is 1. The number of hydrogen-bond donors (Lipinski definition) is 3. The van der Waals surface area contributed by atoms with Crippen molar-refractivity contribution in [1.29, 1.82) is 0 Å². The average molecular weight is 348 g/mol. The summed E-state index contributed by atoms with van der Waals surface area (Å²) in [7, 11) is 0. The lowest BCUT2D eigenvalue weighted by molar-refractivity contribution is -0.137. The summed E-state index contributed by atoms with van der Waals surface area (Å²) in [6, 6.07) is 2.15. The van der Waals surface area contributed by atoms with Gasteiger partial charge in [0.05, 0.1) is 11.8 Å². The molecule has 5 heteroatoms. The molecule has 0 saturated carbocycles. The molecule has 25 heavy (non-hydrogen) atoms. The first-order valence-electron chi connectivity index (χ1n) is 9.71. The number of aliphatic hydroxyl groups excluding tert-OH is 1. The summed E-state index contributed by atoms with van der Waals surface area (Å²) in [5.74, 6) is 0.0947. The Morgan fingerprint density at radius 2 is 2.12 bits per heavy atom. The Morgan fingerprint density at radius 1 is 1.28 bits per heavy atom. The second-order valence-electron chi connectivity index (χ2n) is 7.18. The third kappa shape index (κ3) is 6.31. The van der Waals surface area contributed by atoms with Crippen molar-refractivity contribution < 1.29 is 15.0 Å². The molecule has 0 fully saturated rings. The standard InChI is InChI=1S/C20H32N2O3/c1-2-3-6-9-15(23)12-13-17-16(18-14-19(17)22-21-18)10-7-4-5-8-11-20(24)25/h4,7,14-17,23H,2-3,5-6,8-13H2,1H3,(H,21,22)(H,24,25)/b7-4-/t15-,16+,17+/m0/s1. The highest BCUT2D eigenvalue weighted by Gasteiger charge is 2.33. The molecule has 1 aromatic heterocycles. The molecule has 0 spiro atoms. The molecule has 140 valence electrons. The average Bonchev–Trinajstić information content (AvgIpc) is 3.17. The zero-order valence-corrected chi connectivity index (χ0v) is 15.3. The summed E-state index contributed by atoms with van der Waals surface area (Å²) in [6.45, 7) is 2.18.